The zero-order valence-electron chi connectivity index (χ0n) is 25.8. The van der Waals surface area contributed by atoms with Crippen molar-refractivity contribution in [1.29, 1.82) is 0 Å². The van der Waals surface area contributed by atoms with E-state index in [0.717, 1.165) is 16.9 Å². The van der Waals surface area contributed by atoms with Crippen molar-refractivity contribution in [2.24, 2.45) is 11.1 Å². The molecule has 2 aliphatic heterocycles. The number of oxime groups is 1. The number of aliphatic hydroxyl groups is 2. The quantitative estimate of drug-likeness (QED) is 0.109. The van der Waals surface area contributed by atoms with Crippen molar-refractivity contribution in [3.8, 4) is 5.75 Å². The number of allylic oxidation sites excluding steroid dienone is 1. The van der Waals surface area contributed by atoms with Crippen LogP contribution in [0.5, 0.6) is 5.75 Å². The summed E-state index contributed by atoms with van der Waals surface area (Å²) in [6.07, 6.45) is 3.78. The number of methoxy groups -OCH3 is 1. The second kappa shape index (κ2) is 14.3. The van der Waals surface area contributed by atoms with Gasteiger partial charge in [-0.1, -0.05) is 23.4 Å². The lowest BCUT2D eigenvalue weighted by atomic mass is 9.71. The number of thiazole rings is 1. The number of quaternary nitrogens is 1. The number of ketones is 1. The van der Waals surface area contributed by atoms with Crippen LogP contribution >= 0.6 is 23.1 Å². The lowest BCUT2D eigenvalue weighted by Gasteiger charge is -2.46. The van der Waals surface area contributed by atoms with Gasteiger partial charge in [-0.15, -0.1) is 11.3 Å². The van der Waals surface area contributed by atoms with Crippen LogP contribution in [-0.4, -0.2) is 113 Å². The molecule has 1 saturated heterocycles. The van der Waals surface area contributed by atoms with Crippen molar-refractivity contribution in [1.82, 2.24) is 10.3 Å². The molecule has 2 unspecified atom stereocenters. The van der Waals surface area contributed by atoms with E-state index in [1.165, 1.54) is 18.9 Å². The number of Topliss-reactive ketones (excluding diaryl/α,β-unsaturated/α-hetero) is 1. The van der Waals surface area contributed by atoms with E-state index in [2.05, 4.69) is 15.5 Å². The summed E-state index contributed by atoms with van der Waals surface area (Å²) < 4.78 is 11.4. The molecular formula is C31H38N5O8S2+. The molecule has 1 saturated carbocycles. The summed E-state index contributed by atoms with van der Waals surface area (Å²) in [5, 5.41) is 28.0. The Labute approximate surface area is 274 Å². The Bertz CT molecular complexity index is 1560. The fourth-order valence-corrected chi connectivity index (χ4v) is 8.19. The number of aromatic nitrogens is 1. The Morgan fingerprint density at radius 1 is 1.26 bits per heavy atom. The van der Waals surface area contributed by atoms with Crippen LogP contribution in [0.2, 0.25) is 0 Å². The van der Waals surface area contributed by atoms with Gasteiger partial charge in [-0.3, -0.25) is 9.59 Å². The van der Waals surface area contributed by atoms with E-state index in [9.17, 15) is 24.6 Å². The number of nitrogens with two attached hydrogens (primary N) is 1. The van der Waals surface area contributed by atoms with Gasteiger partial charge in [-0.2, -0.15) is 11.8 Å². The first-order valence-corrected chi connectivity index (χ1v) is 16.6. The van der Waals surface area contributed by atoms with Crippen LogP contribution in [0, 0.1) is 5.92 Å². The maximum absolute atomic E-state index is 13.7. The molecule has 1 aliphatic carbocycles. The lowest BCUT2D eigenvalue weighted by Crippen LogP contribution is -2.65. The van der Waals surface area contributed by atoms with Gasteiger partial charge in [0, 0.05) is 22.8 Å². The number of anilines is 1. The Morgan fingerprint density at radius 2 is 2.02 bits per heavy atom. The van der Waals surface area contributed by atoms with Gasteiger partial charge in [0.1, 0.15) is 49.9 Å². The molecule has 5 rings (SSSR count). The number of nitrogens with one attached hydrogen (secondary N) is 1. The number of hydrogen-bond acceptors (Lipinski definition) is 13. The molecule has 5 N–H and O–H groups in total. The number of benzene rings is 1. The number of hydrogen-bond donors (Lipinski definition) is 4. The molecule has 246 valence electrons. The first kappa shape index (κ1) is 33.6. The molecule has 13 nitrogen and oxygen atoms in total. The summed E-state index contributed by atoms with van der Waals surface area (Å²) in [4.78, 5) is 49.4. The normalized spacial score (nSPS) is 27.7. The van der Waals surface area contributed by atoms with E-state index >= 15 is 0 Å². The summed E-state index contributed by atoms with van der Waals surface area (Å²) in [5.41, 5.74) is 7.52. The molecule has 0 radical (unpaired) electrons. The van der Waals surface area contributed by atoms with E-state index in [0.29, 0.717) is 41.1 Å². The Kier molecular flexibility index (Phi) is 10.5. The number of carbonyl (C=O) groups excluding carboxylic acids is 3. The van der Waals surface area contributed by atoms with Gasteiger partial charge < -0.3 is 40.1 Å². The number of rotatable bonds is 12. The number of amides is 1. The molecule has 46 heavy (non-hydrogen) atoms. The van der Waals surface area contributed by atoms with Crippen molar-refractivity contribution in [3.63, 3.8) is 0 Å². The largest absolute Gasteiger partial charge is 0.497 e. The molecule has 15 heteroatoms. The van der Waals surface area contributed by atoms with Gasteiger partial charge in [0.2, 0.25) is 0 Å². The molecule has 1 aromatic heterocycles. The number of nitrogen functional groups attached to an aromatic ring is 1. The first-order chi connectivity index (χ1) is 22.1. The highest BCUT2D eigenvalue weighted by Crippen LogP contribution is 2.46. The minimum Gasteiger partial charge on any atom is -0.497 e. The Balaban J connectivity index is 1.36. The first-order valence-electron chi connectivity index (χ1n) is 14.7. The minimum atomic E-state index is -0.865. The number of esters is 1. The topological polar surface area (TPSA) is 183 Å². The Morgan fingerprint density at radius 3 is 2.67 bits per heavy atom. The van der Waals surface area contributed by atoms with Crippen molar-refractivity contribution >= 4 is 51.6 Å². The second-order valence-electron chi connectivity index (χ2n) is 11.6. The van der Waals surface area contributed by atoms with Crippen LogP contribution < -0.4 is 15.8 Å². The van der Waals surface area contributed by atoms with Gasteiger partial charge in [-0.25, -0.2) is 9.78 Å². The predicted molar refractivity (Wildman–Crippen MR) is 173 cm³/mol. The van der Waals surface area contributed by atoms with Crippen molar-refractivity contribution in [3.05, 3.63) is 64.2 Å². The number of aliphatic hydroxyl groups excluding tert-OH is 2. The number of nitrogens with zero attached hydrogens (tertiary/aromatic N) is 3. The number of likely N-dealkylation sites (tertiary alicyclic amines) is 1. The van der Waals surface area contributed by atoms with Crippen molar-refractivity contribution in [2.45, 2.75) is 36.5 Å². The standard InChI is InChI=1S/C31H37N5O8S2/c1-36(12-20(38)11-19(36)13-37)10-4-5-18-15-45-28-24(23(18)30(41)44-14-17-6-8-21(42-2)9-7-17)27(39)26(28)34-29(40)25(35-43-3)22-16-46-31(32)33-22/h4-9,16,19-20,24,26,28,37-38H,10-15H2,1-3H3,(H2-,32,33,34,40)/p+1/b5-4+,35-25-/t19-,20+,24?,26+,28-,36?/m0/s1. The average molecular weight is 673 g/mol. The van der Waals surface area contributed by atoms with E-state index < -0.39 is 35.2 Å². The molecule has 1 amide bonds. The van der Waals surface area contributed by atoms with E-state index in [4.69, 9.17) is 20.0 Å². The zero-order valence-corrected chi connectivity index (χ0v) is 27.4. The van der Waals surface area contributed by atoms with Gasteiger partial charge in [0.15, 0.2) is 16.6 Å². The predicted octanol–water partition coefficient (Wildman–Crippen LogP) is 1.05. The van der Waals surface area contributed by atoms with Crippen LogP contribution in [0.15, 0.2) is 58.1 Å². The second-order valence-corrected chi connectivity index (χ2v) is 13.7. The summed E-state index contributed by atoms with van der Waals surface area (Å²) in [5.74, 6) is -1.27. The third-order valence-electron chi connectivity index (χ3n) is 8.66. The van der Waals surface area contributed by atoms with Gasteiger partial charge >= 0.3 is 5.97 Å². The summed E-state index contributed by atoms with van der Waals surface area (Å²) in [6.45, 7) is 0.988. The molecule has 1 aromatic carbocycles. The number of carbonyl (C=O) groups is 3. The maximum atomic E-state index is 13.7. The number of fused-ring (bicyclic) bond motifs is 1. The van der Waals surface area contributed by atoms with E-state index in [1.807, 2.05) is 19.2 Å². The van der Waals surface area contributed by atoms with Crippen LogP contribution in [-0.2, 0) is 30.6 Å². The highest BCUT2D eigenvalue weighted by Gasteiger charge is 2.56. The van der Waals surface area contributed by atoms with Gasteiger partial charge in [0.25, 0.3) is 5.91 Å². The van der Waals surface area contributed by atoms with Crippen molar-refractivity contribution < 1.29 is 43.4 Å². The van der Waals surface area contributed by atoms with Crippen LogP contribution in [0.3, 0.4) is 0 Å². The highest BCUT2D eigenvalue weighted by molar-refractivity contribution is 8.00. The van der Waals surface area contributed by atoms with Gasteiger partial charge in [-0.05, 0) is 29.3 Å². The summed E-state index contributed by atoms with van der Waals surface area (Å²) in [6, 6.07) is 6.16. The number of thioether (sulfide) groups is 1. The van der Waals surface area contributed by atoms with Crippen molar-refractivity contribution in [2.75, 3.05) is 52.5 Å². The van der Waals surface area contributed by atoms with Crippen LogP contribution in [0.25, 0.3) is 0 Å². The molecule has 2 fully saturated rings. The summed E-state index contributed by atoms with van der Waals surface area (Å²) >= 11 is 2.61. The van der Waals surface area contributed by atoms with Crippen LogP contribution in [0.1, 0.15) is 17.7 Å². The Hall–Kier alpha value is -3.76. The monoisotopic (exact) mass is 672 g/mol. The molecule has 0 bridgehead atoms. The highest BCUT2D eigenvalue weighted by atomic mass is 32.2. The third-order valence-corrected chi connectivity index (χ3v) is 10.7. The molecule has 2 aromatic rings. The maximum Gasteiger partial charge on any atom is 0.335 e. The van der Waals surface area contributed by atoms with E-state index in [1.54, 1.807) is 36.8 Å². The van der Waals surface area contributed by atoms with E-state index in [-0.39, 0.29) is 47.1 Å². The lowest BCUT2D eigenvalue weighted by molar-refractivity contribution is -0.917. The number of likely N-dealkylation sites (N-methyl/N-ethyl adjacent to an activating group) is 1. The number of ether oxygens (including phenoxy) is 2. The van der Waals surface area contributed by atoms with Gasteiger partial charge in [0.05, 0.1) is 38.8 Å². The zero-order chi connectivity index (χ0) is 33.0. The fraction of sp³-hybridized carbons (Fsp3) is 0.452. The third kappa shape index (κ3) is 6.98. The SMILES string of the molecule is CO/N=C(\C(=O)N[C@@H]1C(=O)C2C(C(=O)OCc3ccc(OC)cc3)=C(/C=C/C[N+]3(C)C[C@H](O)C[C@H]3CO)CS[C@@H]21)c1csc(N)n1. The molecular weight excluding hydrogens is 635 g/mol. The smallest absolute Gasteiger partial charge is 0.335 e. The molecule has 6 atom stereocenters. The fourth-order valence-electron chi connectivity index (χ4n) is 6.16. The molecule has 3 heterocycles. The summed E-state index contributed by atoms with van der Waals surface area (Å²) in [7, 11) is 4.85. The van der Waals surface area contributed by atoms with Crippen LogP contribution in [0.4, 0.5) is 5.13 Å². The molecule has 0 spiro atoms. The molecule has 3 aliphatic rings. The minimum absolute atomic E-state index is 0.000842. The average Bonchev–Trinajstić information content (AvgIpc) is 3.61.